The van der Waals surface area contributed by atoms with E-state index in [1.165, 1.54) is 12.1 Å². The number of nitrogens with zero attached hydrogens (tertiary/aromatic N) is 2. The molecule has 0 aliphatic heterocycles. The SMILES string of the molecule is Cc1cccc(NC(=O)CCc2c(C)nn(-c3ccc(F)cc3)c2Oc2cccc(C)c2)c1. The highest BCUT2D eigenvalue weighted by Gasteiger charge is 2.20. The minimum Gasteiger partial charge on any atom is -0.439 e. The van der Waals surface area contributed by atoms with Gasteiger partial charge >= 0.3 is 0 Å². The summed E-state index contributed by atoms with van der Waals surface area (Å²) in [5, 5.41) is 7.59. The number of hydrogen-bond donors (Lipinski definition) is 1. The van der Waals surface area contributed by atoms with Crippen LogP contribution < -0.4 is 10.1 Å². The Balaban J connectivity index is 1.62. The van der Waals surface area contributed by atoms with Gasteiger partial charge in [0.25, 0.3) is 0 Å². The van der Waals surface area contributed by atoms with Gasteiger partial charge in [-0.1, -0.05) is 24.3 Å². The fourth-order valence-corrected chi connectivity index (χ4v) is 3.66. The number of aryl methyl sites for hydroxylation is 3. The molecule has 0 saturated carbocycles. The lowest BCUT2D eigenvalue weighted by molar-refractivity contribution is -0.116. The fraction of sp³-hybridized carbons (Fsp3) is 0.185. The summed E-state index contributed by atoms with van der Waals surface area (Å²) in [6.07, 6.45) is 0.722. The van der Waals surface area contributed by atoms with Crippen molar-refractivity contribution >= 4 is 11.6 Å². The molecular formula is C27H26FN3O2. The van der Waals surface area contributed by atoms with E-state index >= 15 is 0 Å². The summed E-state index contributed by atoms with van der Waals surface area (Å²) >= 11 is 0. The number of halogens is 1. The van der Waals surface area contributed by atoms with E-state index < -0.39 is 0 Å². The molecule has 0 radical (unpaired) electrons. The molecule has 1 aromatic heterocycles. The highest BCUT2D eigenvalue weighted by Crippen LogP contribution is 2.32. The molecule has 0 fully saturated rings. The van der Waals surface area contributed by atoms with Gasteiger partial charge in [0.2, 0.25) is 11.8 Å². The molecule has 0 unspecified atom stereocenters. The molecule has 1 heterocycles. The predicted octanol–water partition coefficient (Wildman–Crippen LogP) is 6.30. The minimum absolute atomic E-state index is 0.0870. The maximum atomic E-state index is 13.5. The Morgan fingerprint density at radius 2 is 1.67 bits per heavy atom. The van der Waals surface area contributed by atoms with Crippen LogP contribution in [0.15, 0.2) is 72.8 Å². The molecule has 6 heteroatoms. The van der Waals surface area contributed by atoms with E-state index in [2.05, 4.69) is 10.4 Å². The molecule has 33 heavy (non-hydrogen) atoms. The zero-order valence-corrected chi connectivity index (χ0v) is 18.9. The number of rotatable bonds is 7. The van der Waals surface area contributed by atoms with Crippen LogP contribution >= 0.6 is 0 Å². The van der Waals surface area contributed by atoms with Crippen molar-refractivity contribution < 1.29 is 13.9 Å². The Labute approximate surface area is 192 Å². The summed E-state index contributed by atoms with van der Waals surface area (Å²) in [4.78, 5) is 12.6. The first-order chi connectivity index (χ1) is 15.9. The molecule has 5 nitrogen and oxygen atoms in total. The molecule has 3 aromatic carbocycles. The third-order valence-electron chi connectivity index (χ3n) is 5.32. The van der Waals surface area contributed by atoms with Crippen LogP contribution in [0.25, 0.3) is 5.69 Å². The van der Waals surface area contributed by atoms with Gasteiger partial charge in [-0.3, -0.25) is 4.79 Å². The van der Waals surface area contributed by atoms with Crippen molar-refractivity contribution in [2.24, 2.45) is 0 Å². The number of nitrogens with one attached hydrogen (secondary N) is 1. The summed E-state index contributed by atoms with van der Waals surface area (Å²) < 4.78 is 21.4. The van der Waals surface area contributed by atoms with Crippen molar-refractivity contribution in [3.63, 3.8) is 0 Å². The van der Waals surface area contributed by atoms with Crippen LogP contribution in [0.1, 0.15) is 28.8 Å². The van der Waals surface area contributed by atoms with Crippen LogP contribution in [0.2, 0.25) is 0 Å². The molecule has 4 aromatic rings. The molecule has 1 amide bonds. The molecular weight excluding hydrogens is 417 g/mol. The predicted molar refractivity (Wildman–Crippen MR) is 128 cm³/mol. The minimum atomic E-state index is -0.322. The molecule has 4 rings (SSSR count). The van der Waals surface area contributed by atoms with Crippen molar-refractivity contribution in [2.45, 2.75) is 33.6 Å². The number of carbonyl (C=O) groups excluding carboxylic acids is 1. The number of ether oxygens (including phenoxy) is 1. The van der Waals surface area contributed by atoms with Crippen LogP contribution in [0, 0.1) is 26.6 Å². The van der Waals surface area contributed by atoms with Crippen molar-refractivity contribution in [1.82, 2.24) is 9.78 Å². The Bertz CT molecular complexity index is 1280. The Morgan fingerprint density at radius 3 is 2.36 bits per heavy atom. The number of aromatic nitrogens is 2. The van der Waals surface area contributed by atoms with Gasteiger partial charge in [0.15, 0.2) is 0 Å². The standard InChI is InChI=1S/C27H26FN3O2/c1-18-6-4-8-22(16-18)29-26(32)15-14-25-20(3)30-31(23-12-10-21(28)11-13-23)27(25)33-24-9-5-7-19(2)17-24/h4-13,16-17H,14-15H2,1-3H3,(H,29,32). The second kappa shape index (κ2) is 9.69. The normalized spacial score (nSPS) is 10.8. The van der Waals surface area contributed by atoms with Crippen LogP contribution in [0.5, 0.6) is 11.6 Å². The van der Waals surface area contributed by atoms with Crippen LogP contribution in [0.3, 0.4) is 0 Å². The van der Waals surface area contributed by atoms with Gasteiger partial charge in [0.1, 0.15) is 11.6 Å². The molecule has 1 N–H and O–H groups in total. The highest BCUT2D eigenvalue weighted by atomic mass is 19.1. The van der Waals surface area contributed by atoms with E-state index in [0.717, 1.165) is 28.1 Å². The Morgan fingerprint density at radius 1 is 0.970 bits per heavy atom. The van der Waals surface area contributed by atoms with Gasteiger partial charge in [0, 0.05) is 17.7 Å². The topological polar surface area (TPSA) is 56.2 Å². The van der Waals surface area contributed by atoms with E-state index in [1.54, 1.807) is 16.8 Å². The lowest BCUT2D eigenvalue weighted by atomic mass is 10.1. The summed E-state index contributed by atoms with van der Waals surface area (Å²) in [5.74, 6) is 0.782. The quantitative estimate of drug-likeness (QED) is 0.365. The smallest absolute Gasteiger partial charge is 0.226 e. The number of carbonyl (C=O) groups is 1. The third kappa shape index (κ3) is 5.47. The third-order valence-corrected chi connectivity index (χ3v) is 5.32. The van der Waals surface area contributed by atoms with Crippen molar-refractivity contribution in [1.29, 1.82) is 0 Å². The molecule has 0 bridgehead atoms. The van der Waals surface area contributed by atoms with Crippen LogP contribution in [-0.4, -0.2) is 15.7 Å². The largest absolute Gasteiger partial charge is 0.439 e. The van der Waals surface area contributed by atoms with E-state index in [9.17, 15) is 9.18 Å². The molecule has 168 valence electrons. The van der Waals surface area contributed by atoms with E-state index in [-0.39, 0.29) is 18.1 Å². The maximum absolute atomic E-state index is 13.5. The highest BCUT2D eigenvalue weighted by molar-refractivity contribution is 5.90. The first-order valence-electron chi connectivity index (χ1n) is 10.8. The fourth-order valence-electron chi connectivity index (χ4n) is 3.66. The van der Waals surface area contributed by atoms with Crippen LogP contribution in [0.4, 0.5) is 10.1 Å². The van der Waals surface area contributed by atoms with E-state index in [4.69, 9.17) is 4.74 Å². The summed E-state index contributed by atoms with van der Waals surface area (Å²) in [6.45, 7) is 5.86. The molecule has 0 aliphatic rings. The van der Waals surface area contributed by atoms with E-state index in [0.29, 0.717) is 23.7 Å². The van der Waals surface area contributed by atoms with Gasteiger partial charge in [-0.2, -0.15) is 5.10 Å². The average molecular weight is 444 g/mol. The lowest BCUT2D eigenvalue weighted by Crippen LogP contribution is -2.12. The molecule has 0 spiro atoms. The number of benzene rings is 3. The molecule has 0 atom stereocenters. The molecule has 0 saturated heterocycles. The maximum Gasteiger partial charge on any atom is 0.226 e. The lowest BCUT2D eigenvalue weighted by Gasteiger charge is -2.12. The van der Waals surface area contributed by atoms with Crippen LogP contribution in [-0.2, 0) is 11.2 Å². The van der Waals surface area contributed by atoms with Crippen molar-refractivity contribution in [3.05, 3.63) is 101 Å². The zero-order chi connectivity index (χ0) is 23.4. The zero-order valence-electron chi connectivity index (χ0n) is 18.9. The summed E-state index contributed by atoms with van der Waals surface area (Å²) in [7, 11) is 0. The van der Waals surface area contributed by atoms with E-state index in [1.807, 2.05) is 69.3 Å². The number of hydrogen-bond acceptors (Lipinski definition) is 3. The average Bonchev–Trinajstić information content (AvgIpc) is 3.08. The van der Waals surface area contributed by atoms with Crippen molar-refractivity contribution in [2.75, 3.05) is 5.32 Å². The number of amides is 1. The summed E-state index contributed by atoms with van der Waals surface area (Å²) in [5.41, 5.74) is 5.19. The van der Waals surface area contributed by atoms with Crippen molar-refractivity contribution in [3.8, 4) is 17.3 Å². The monoisotopic (exact) mass is 443 g/mol. The number of anilines is 1. The van der Waals surface area contributed by atoms with Gasteiger partial charge in [-0.15, -0.1) is 0 Å². The Hall–Kier alpha value is -3.93. The second-order valence-corrected chi connectivity index (χ2v) is 8.09. The van der Waals surface area contributed by atoms with Gasteiger partial charge in [-0.05, 0) is 86.8 Å². The first kappa shape index (κ1) is 22.3. The Kier molecular flexibility index (Phi) is 6.54. The first-order valence-corrected chi connectivity index (χ1v) is 10.8. The summed E-state index contributed by atoms with van der Waals surface area (Å²) in [6, 6.07) is 21.5. The van der Waals surface area contributed by atoms with Gasteiger partial charge < -0.3 is 10.1 Å². The second-order valence-electron chi connectivity index (χ2n) is 8.09. The van der Waals surface area contributed by atoms with Gasteiger partial charge in [-0.25, -0.2) is 9.07 Å². The molecule has 0 aliphatic carbocycles. The van der Waals surface area contributed by atoms with Gasteiger partial charge in [0.05, 0.1) is 11.4 Å².